The summed E-state index contributed by atoms with van der Waals surface area (Å²) < 4.78 is 27.5. The zero-order chi connectivity index (χ0) is 21.9. The van der Waals surface area contributed by atoms with Crippen molar-refractivity contribution in [2.45, 2.75) is 31.7 Å². The fourth-order valence-corrected chi connectivity index (χ4v) is 5.79. The maximum atomic E-state index is 13.8. The summed E-state index contributed by atoms with van der Waals surface area (Å²) in [7, 11) is 0. The number of benzene rings is 2. The van der Waals surface area contributed by atoms with Crippen LogP contribution in [0, 0.1) is 11.8 Å². The van der Waals surface area contributed by atoms with Crippen LogP contribution < -0.4 is 4.90 Å². The van der Waals surface area contributed by atoms with E-state index in [0.717, 1.165) is 33.4 Å². The topological polar surface area (TPSA) is 36.4 Å². The number of aromatic nitrogens is 1. The Balaban J connectivity index is 1.18. The van der Waals surface area contributed by atoms with Crippen LogP contribution in [-0.4, -0.2) is 41.3 Å². The van der Waals surface area contributed by atoms with E-state index in [-0.39, 0.29) is 30.6 Å². The van der Waals surface area contributed by atoms with Crippen LogP contribution in [0.1, 0.15) is 34.5 Å². The predicted octanol–water partition coefficient (Wildman–Crippen LogP) is 4.91. The van der Waals surface area contributed by atoms with Gasteiger partial charge < -0.3 is 9.80 Å². The molecule has 2 aromatic carbocycles. The minimum atomic E-state index is -2.52. The van der Waals surface area contributed by atoms with Crippen molar-refractivity contribution in [3.05, 3.63) is 71.4 Å². The number of alkyl halides is 2. The minimum Gasteiger partial charge on any atom is -0.370 e. The standard InChI is InChI=1S/C26H25F2N3O/c27-26(28)12-19-15-31(16-20(19)13-26)23-7-3-5-18-14-30(25(32)24(18)23)11-10-21-9-8-17-4-1-2-6-22(17)29-21/h1-9,19-20H,10-16H2. The van der Waals surface area contributed by atoms with Crippen LogP contribution in [0.3, 0.4) is 0 Å². The fourth-order valence-electron chi connectivity index (χ4n) is 5.79. The van der Waals surface area contributed by atoms with E-state index in [9.17, 15) is 13.6 Å². The van der Waals surface area contributed by atoms with E-state index in [0.29, 0.717) is 32.6 Å². The van der Waals surface area contributed by atoms with E-state index in [1.54, 1.807) is 0 Å². The van der Waals surface area contributed by atoms with Crippen LogP contribution in [0.5, 0.6) is 0 Å². The van der Waals surface area contributed by atoms with Crippen molar-refractivity contribution in [1.82, 2.24) is 9.88 Å². The Morgan fingerprint density at radius 1 is 0.969 bits per heavy atom. The van der Waals surface area contributed by atoms with Gasteiger partial charge in [-0.25, -0.2) is 8.78 Å². The molecule has 0 bridgehead atoms. The highest BCUT2D eigenvalue weighted by atomic mass is 19.3. The number of rotatable bonds is 4. The Bertz CT molecular complexity index is 1190. The van der Waals surface area contributed by atoms with Crippen molar-refractivity contribution in [1.29, 1.82) is 0 Å². The molecule has 32 heavy (non-hydrogen) atoms. The van der Waals surface area contributed by atoms with Gasteiger partial charge in [-0.1, -0.05) is 36.4 Å². The smallest absolute Gasteiger partial charge is 0.256 e. The van der Waals surface area contributed by atoms with Crippen LogP contribution in [-0.2, 0) is 13.0 Å². The summed E-state index contributed by atoms with van der Waals surface area (Å²) in [6, 6.07) is 18.1. The number of anilines is 1. The van der Waals surface area contributed by atoms with Crippen molar-refractivity contribution in [2.75, 3.05) is 24.5 Å². The highest BCUT2D eigenvalue weighted by Crippen LogP contribution is 2.48. The molecule has 0 spiro atoms. The largest absolute Gasteiger partial charge is 0.370 e. The van der Waals surface area contributed by atoms with Crippen molar-refractivity contribution in [2.24, 2.45) is 11.8 Å². The molecule has 1 saturated heterocycles. The van der Waals surface area contributed by atoms with Crippen LogP contribution in [0.4, 0.5) is 14.5 Å². The fraction of sp³-hybridized carbons (Fsp3) is 0.385. The van der Waals surface area contributed by atoms with E-state index in [1.165, 1.54) is 0 Å². The SMILES string of the molecule is O=C1c2c(cccc2N2CC3CC(F)(F)CC3C2)CN1CCc1ccc2ccccc2n1. The molecule has 0 radical (unpaired) electrons. The van der Waals surface area contributed by atoms with Gasteiger partial charge in [0.05, 0.1) is 11.1 Å². The predicted molar refractivity (Wildman–Crippen MR) is 120 cm³/mol. The third-order valence-corrected chi connectivity index (χ3v) is 7.32. The number of nitrogens with zero attached hydrogens (tertiary/aromatic N) is 3. The lowest BCUT2D eigenvalue weighted by molar-refractivity contribution is 0.00172. The summed E-state index contributed by atoms with van der Waals surface area (Å²) in [4.78, 5) is 22.1. The number of carbonyl (C=O) groups excluding carboxylic acids is 1. The highest BCUT2D eigenvalue weighted by Gasteiger charge is 2.50. The second-order valence-electron chi connectivity index (χ2n) is 9.47. The van der Waals surface area contributed by atoms with Gasteiger partial charge in [0.15, 0.2) is 0 Å². The molecular formula is C26H25F2N3O. The van der Waals surface area contributed by atoms with Crippen LogP contribution in [0.25, 0.3) is 10.9 Å². The molecule has 1 aliphatic carbocycles. The van der Waals surface area contributed by atoms with Crippen LogP contribution in [0.15, 0.2) is 54.6 Å². The summed E-state index contributed by atoms with van der Waals surface area (Å²) in [5, 5.41) is 1.11. The molecule has 2 unspecified atom stereocenters. The van der Waals surface area contributed by atoms with Gasteiger partial charge >= 0.3 is 0 Å². The van der Waals surface area contributed by atoms with E-state index >= 15 is 0 Å². The van der Waals surface area contributed by atoms with Crippen molar-refractivity contribution in [3.8, 4) is 0 Å². The van der Waals surface area contributed by atoms with Crippen molar-refractivity contribution in [3.63, 3.8) is 0 Å². The molecule has 1 aromatic heterocycles. The first-order valence-corrected chi connectivity index (χ1v) is 11.4. The third kappa shape index (κ3) is 3.33. The molecule has 2 fully saturated rings. The number of hydrogen-bond acceptors (Lipinski definition) is 3. The number of para-hydroxylation sites is 1. The number of fused-ring (bicyclic) bond motifs is 3. The Kier molecular flexibility index (Phi) is 4.46. The Morgan fingerprint density at radius 3 is 2.56 bits per heavy atom. The first-order chi connectivity index (χ1) is 15.5. The lowest BCUT2D eigenvalue weighted by atomic mass is 10.0. The molecule has 6 heteroatoms. The zero-order valence-corrected chi connectivity index (χ0v) is 17.8. The molecule has 0 N–H and O–H groups in total. The van der Waals surface area contributed by atoms with Crippen LogP contribution in [0.2, 0.25) is 0 Å². The number of carbonyl (C=O) groups is 1. The summed E-state index contributed by atoms with van der Waals surface area (Å²) in [5.41, 5.74) is 4.64. The second-order valence-corrected chi connectivity index (χ2v) is 9.47. The maximum absolute atomic E-state index is 13.8. The zero-order valence-electron chi connectivity index (χ0n) is 17.8. The van der Waals surface area contributed by atoms with Crippen molar-refractivity contribution >= 4 is 22.5 Å². The van der Waals surface area contributed by atoms with Gasteiger partial charge in [-0.2, -0.15) is 0 Å². The summed E-state index contributed by atoms with van der Waals surface area (Å²) in [6.45, 7) is 2.43. The Morgan fingerprint density at radius 2 is 1.75 bits per heavy atom. The monoisotopic (exact) mass is 433 g/mol. The normalized spacial score (nSPS) is 23.8. The van der Waals surface area contributed by atoms with Crippen molar-refractivity contribution < 1.29 is 13.6 Å². The van der Waals surface area contributed by atoms with Gasteiger partial charge in [0.1, 0.15) is 0 Å². The minimum absolute atomic E-state index is 0.0208. The highest BCUT2D eigenvalue weighted by molar-refractivity contribution is 6.03. The molecule has 3 heterocycles. The average molecular weight is 434 g/mol. The molecular weight excluding hydrogens is 408 g/mol. The molecule has 164 valence electrons. The van der Waals surface area contributed by atoms with Gasteiger partial charge in [-0.15, -0.1) is 0 Å². The molecule has 3 aliphatic rings. The number of amides is 1. The van der Waals surface area contributed by atoms with Gasteiger partial charge in [0.25, 0.3) is 5.91 Å². The summed E-state index contributed by atoms with van der Waals surface area (Å²) >= 11 is 0. The summed E-state index contributed by atoms with van der Waals surface area (Å²) in [5.74, 6) is -2.44. The lowest BCUT2D eigenvalue weighted by Gasteiger charge is -2.23. The first-order valence-electron chi connectivity index (χ1n) is 11.4. The van der Waals surface area contributed by atoms with Gasteiger partial charge in [0.2, 0.25) is 5.92 Å². The third-order valence-electron chi connectivity index (χ3n) is 7.32. The number of hydrogen-bond donors (Lipinski definition) is 0. The van der Waals surface area contributed by atoms with Gasteiger partial charge in [-0.3, -0.25) is 9.78 Å². The Hall–Kier alpha value is -3.02. The number of halogens is 2. The van der Waals surface area contributed by atoms with Gasteiger partial charge in [-0.05, 0) is 35.6 Å². The molecule has 2 atom stereocenters. The summed E-state index contributed by atoms with van der Waals surface area (Å²) in [6.07, 6.45) is 0.646. The molecule has 1 amide bonds. The second kappa shape index (κ2) is 7.26. The van der Waals surface area contributed by atoms with Crippen LogP contribution >= 0.6 is 0 Å². The maximum Gasteiger partial charge on any atom is 0.256 e. The van der Waals surface area contributed by atoms with E-state index in [1.807, 2.05) is 53.4 Å². The number of pyridine rings is 1. The molecule has 2 aliphatic heterocycles. The average Bonchev–Trinajstić information content (AvgIpc) is 3.40. The lowest BCUT2D eigenvalue weighted by Crippen LogP contribution is -2.29. The molecule has 6 rings (SSSR count). The van der Waals surface area contributed by atoms with E-state index < -0.39 is 5.92 Å². The first kappa shape index (κ1) is 19.6. The Labute approximate surface area is 185 Å². The van der Waals surface area contributed by atoms with E-state index in [2.05, 4.69) is 11.0 Å². The molecule has 4 nitrogen and oxygen atoms in total. The molecule has 3 aromatic rings. The molecule has 1 saturated carbocycles. The van der Waals surface area contributed by atoms with E-state index in [4.69, 9.17) is 4.98 Å². The van der Waals surface area contributed by atoms with Gasteiger partial charge in [0, 0.05) is 62.2 Å². The quantitative estimate of drug-likeness (QED) is 0.586.